The Morgan fingerprint density at radius 1 is 1.47 bits per heavy atom. The Balaban J connectivity index is 2.15. The van der Waals surface area contributed by atoms with Gasteiger partial charge in [-0.2, -0.15) is 0 Å². The topological polar surface area (TPSA) is 59.8 Å². The molecule has 1 amide bonds. The van der Waals surface area contributed by atoms with Crippen molar-refractivity contribution < 1.29 is 9.18 Å². The van der Waals surface area contributed by atoms with Gasteiger partial charge in [-0.1, -0.05) is 11.3 Å². The summed E-state index contributed by atoms with van der Waals surface area (Å²) in [7, 11) is 1.66. The van der Waals surface area contributed by atoms with Crippen LogP contribution in [0.2, 0.25) is 0 Å². The number of hydrogen-bond acceptors (Lipinski definition) is 3. The third kappa shape index (κ3) is 2.47. The van der Waals surface area contributed by atoms with Crippen LogP contribution in [0.1, 0.15) is 16.1 Å². The van der Waals surface area contributed by atoms with Crippen LogP contribution in [0.15, 0.2) is 24.4 Å². The zero-order valence-corrected chi connectivity index (χ0v) is 9.44. The molecule has 0 spiro atoms. The molecule has 0 radical (unpaired) electrons. The predicted octanol–water partition coefficient (Wildman–Crippen LogP) is 1.51. The number of nitrogens with zero attached hydrogens (tertiary/aromatic N) is 3. The maximum absolute atomic E-state index is 13.3. The Hall–Kier alpha value is -2.24. The maximum Gasteiger partial charge on any atom is 0.277 e. The van der Waals surface area contributed by atoms with E-state index in [0.29, 0.717) is 11.3 Å². The van der Waals surface area contributed by atoms with E-state index in [-0.39, 0.29) is 11.5 Å². The Labute approximate surface area is 97.3 Å². The average molecular weight is 234 g/mol. The zero-order chi connectivity index (χ0) is 12.4. The third-order valence-corrected chi connectivity index (χ3v) is 2.26. The van der Waals surface area contributed by atoms with Gasteiger partial charge < -0.3 is 5.32 Å². The van der Waals surface area contributed by atoms with Crippen LogP contribution in [-0.4, -0.2) is 20.9 Å². The molecule has 1 heterocycles. The summed E-state index contributed by atoms with van der Waals surface area (Å²) in [6.07, 6.45) is 1.49. The van der Waals surface area contributed by atoms with Gasteiger partial charge >= 0.3 is 0 Å². The van der Waals surface area contributed by atoms with E-state index in [0.717, 1.165) is 0 Å². The summed E-state index contributed by atoms with van der Waals surface area (Å²) in [5, 5.41) is 9.85. The number of aryl methyl sites for hydroxylation is 2. The Morgan fingerprint density at radius 3 is 2.82 bits per heavy atom. The SMILES string of the molecule is Cc1ccc(NC(=O)c2cn(C)nn2)cc1F. The summed E-state index contributed by atoms with van der Waals surface area (Å²) in [4.78, 5) is 11.7. The molecule has 1 aromatic carbocycles. The molecule has 2 rings (SSSR count). The number of hydrogen-bond donors (Lipinski definition) is 1. The van der Waals surface area contributed by atoms with Gasteiger partial charge in [-0.3, -0.25) is 9.48 Å². The molecule has 6 heteroatoms. The summed E-state index contributed by atoms with van der Waals surface area (Å²) in [6, 6.07) is 4.50. The van der Waals surface area contributed by atoms with Crippen molar-refractivity contribution in [3.63, 3.8) is 0 Å². The Bertz CT molecular complexity index is 564. The number of carbonyl (C=O) groups excluding carboxylic acids is 1. The average Bonchev–Trinajstić information content (AvgIpc) is 2.70. The van der Waals surface area contributed by atoms with Gasteiger partial charge in [0.05, 0.1) is 6.20 Å². The molecule has 2 aromatic rings. The molecule has 88 valence electrons. The predicted molar refractivity (Wildman–Crippen MR) is 60.1 cm³/mol. The van der Waals surface area contributed by atoms with Crippen LogP contribution < -0.4 is 5.32 Å². The number of aromatic nitrogens is 3. The largest absolute Gasteiger partial charge is 0.320 e. The van der Waals surface area contributed by atoms with Crippen LogP contribution in [-0.2, 0) is 7.05 Å². The highest BCUT2D eigenvalue weighted by Gasteiger charge is 2.10. The van der Waals surface area contributed by atoms with Gasteiger partial charge in [0.1, 0.15) is 5.82 Å². The lowest BCUT2D eigenvalue weighted by molar-refractivity contribution is 0.102. The van der Waals surface area contributed by atoms with E-state index in [1.165, 1.54) is 16.9 Å². The lowest BCUT2D eigenvalue weighted by Gasteiger charge is -2.04. The van der Waals surface area contributed by atoms with Crippen LogP contribution in [0.5, 0.6) is 0 Å². The van der Waals surface area contributed by atoms with Crippen LogP contribution >= 0.6 is 0 Å². The Kier molecular flexibility index (Phi) is 2.86. The first kappa shape index (κ1) is 11.3. The number of rotatable bonds is 2. The molecule has 0 aliphatic carbocycles. The number of carbonyl (C=O) groups is 1. The number of halogens is 1. The van der Waals surface area contributed by atoms with Crippen molar-refractivity contribution in [1.29, 1.82) is 0 Å². The molecule has 1 N–H and O–H groups in total. The lowest BCUT2D eigenvalue weighted by atomic mass is 10.2. The first-order chi connectivity index (χ1) is 8.06. The molecule has 0 unspecified atom stereocenters. The van der Waals surface area contributed by atoms with Crippen LogP contribution in [0.3, 0.4) is 0 Å². The van der Waals surface area contributed by atoms with E-state index in [9.17, 15) is 9.18 Å². The Morgan fingerprint density at radius 2 is 2.24 bits per heavy atom. The highest BCUT2D eigenvalue weighted by Crippen LogP contribution is 2.14. The molecule has 0 bridgehead atoms. The molecular weight excluding hydrogens is 223 g/mol. The van der Waals surface area contributed by atoms with E-state index in [4.69, 9.17) is 0 Å². The molecule has 0 aliphatic heterocycles. The van der Waals surface area contributed by atoms with Crippen molar-refractivity contribution in [3.05, 3.63) is 41.5 Å². The standard InChI is InChI=1S/C11H11FN4O/c1-7-3-4-8(5-9(7)12)13-11(17)10-6-16(2)15-14-10/h3-6H,1-2H3,(H,13,17). The third-order valence-electron chi connectivity index (χ3n) is 2.26. The fourth-order valence-electron chi connectivity index (χ4n) is 1.32. The van der Waals surface area contributed by atoms with Gasteiger partial charge in [-0.05, 0) is 24.6 Å². The first-order valence-corrected chi connectivity index (χ1v) is 5.00. The van der Waals surface area contributed by atoms with Gasteiger partial charge in [0.2, 0.25) is 0 Å². The number of nitrogens with one attached hydrogen (secondary N) is 1. The van der Waals surface area contributed by atoms with Crippen LogP contribution in [0.25, 0.3) is 0 Å². The first-order valence-electron chi connectivity index (χ1n) is 5.00. The van der Waals surface area contributed by atoms with E-state index in [1.807, 2.05) is 0 Å². The quantitative estimate of drug-likeness (QED) is 0.856. The maximum atomic E-state index is 13.3. The highest BCUT2D eigenvalue weighted by atomic mass is 19.1. The molecule has 5 nitrogen and oxygen atoms in total. The molecule has 17 heavy (non-hydrogen) atoms. The second kappa shape index (κ2) is 4.32. The summed E-state index contributed by atoms with van der Waals surface area (Å²) < 4.78 is 14.7. The normalized spacial score (nSPS) is 10.3. The fraction of sp³-hybridized carbons (Fsp3) is 0.182. The summed E-state index contributed by atoms with van der Waals surface area (Å²) in [6.45, 7) is 1.66. The second-order valence-corrected chi connectivity index (χ2v) is 3.70. The number of amides is 1. The van der Waals surface area contributed by atoms with E-state index in [1.54, 1.807) is 26.1 Å². The minimum absolute atomic E-state index is 0.188. The molecule has 0 aliphatic rings. The van der Waals surface area contributed by atoms with Crippen LogP contribution in [0, 0.1) is 12.7 Å². The van der Waals surface area contributed by atoms with E-state index in [2.05, 4.69) is 15.6 Å². The van der Waals surface area contributed by atoms with E-state index < -0.39 is 5.91 Å². The smallest absolute Gasteiger partial charge is 0.277 e. The van der Waals surface area contributed by atoms with E-state index >= 15 is 0 Å². The molecule has 0 atom stereocenters. The van der Waals surface area contributed by atoms with Crippen molar-refractivity contribution in [3.8, 4) is 0 Å². The molecule has 1 aromatic heterocycles. The van der Waals surface area contributed by atoms with Gasteiger partial charge in [0, 0.05) is 12.7 Å². The molecule has 0 saturated heterocycles. The monoisotopic (exact) mass is 234 g/mol. The van der Waals surface area contributed by atoms with Gasteiger partial charge in [-0.15, -0.1) is 5.10 Å². The van der Waals surface area contributed by atoms with Crippen molar-refractivity contribution in [1.82, 2.24) is 15.0 Å². The molecule has 0 fully saturated rings. The summed E-state index contributed by atoms with van der Waals surface area (Å²) >= 11 is 0. The minimum atomic E-state index is -0.415. The van der Waals surface area contributed by atoms with Gasteiger partial charge in [0.25, 0.3) is 5.91 Å². The summed E-state index contributed by atoms with van der Waals surface area (Å²) in [5.41, 5.74) is 1.11. The summed E-state index contributed by atoms with van der Waals surface area (Å²) in [5.74, 6) is -0.775. The zero-order valence-electron chi connectivity index (χ0n) is 9.44. The van der Waals surface area contributed by atoms with Gasteiger partial charge in [-0.25, -0.2) is 4.39 Å². The fourth-order valence-corrected chi connectivity index (χ4v) is 1.32. The number of benzene rings is 1. The van der Waals surface area contributed by atoms with Crippen molar-refractivity contribution in [2.75, 3.05) is 5.32 Å². The number of anilines is 1. The van der Waals surface area contributed by atoms with Gasteiger partial charge in [0.15, 0.2) is 5.69 Å². The van der Waals surface area contributed by atoms with Crippen molar-refractivity contribution >= 4 is 11.6 Å². The van der Waals surface area contributed by atoms with Crippen LogP contribution in [0.4, 0.5) is 10.1 Å². The molecule has 0 saturated carbocycles. The lowest BCUT2D eigenvalue weighted by Crippen LogP contribution is -2.12. The van der Waals surface area contributed by atoms with Crippen molar-refractivity contribution in [2.24, 2.45) is 7.05 Å². The second-order valence-electron chi connectivity index (χ2n) is 3.70. The highest BCUT2D eigenvalue weighted by molar-refractivity contribution is 6.02. The molecular formula is C11H11FN4O. The van der Waals surface area contributed by atoms with Crippen molar-refractivity contribution in [2.45, 2.75) is 6.92 Å². The minimum Gasteiger partial charge on any atom is -0.320 e.